The summed E-state index contributed by atoms with van der Waals surface area (Å²) in [4.78, 5) is 2.18. The lowest BCUT2D eigenvalue weighted by Crippen LogP contribution is -2.30. The summed E-state index contributed by atoms with van der Waals surface area (Å²) in [5.41, 5.74) is 5.36. The molecule has 0 aromatic carbocycles. The average Bonchev–Trinajstić information content (AvgIpc) is 2.85. The van der Waals surface area contributed by atoms with Crippen molar-refractivity contribution in [3.05, 3.63) is 0 Å². The van der Waals surface area contributed by atoms with Gasteiger partial charge >= 0.3 is 0 Å². The molecule has 0 radical (unpaired) electrons. The van der Waals surface area contributed by atoms with Crippen molar-refractivity contribution >= 4 is 26.5 Å². The molecule has 1 saturated heterocycles. The molecule has 1 aliphatic rings. The fourth-order valence-electron chi connectivity index (χ4n) is 1.81. The second-order valence-electron chi connectivity index (χ2n) is 4.18. The molecule has 0 bridgehead atoms. The Morgan fingerprint density at radius 2 is 2.35 bits per heavy atom. The first-order chi connectivity index (χ1) is 7.97. The molecule has 1 aliphatic heterocycles. The first kappa shape index (κ1) is 12.7. The molecular weight excluding hydrogens is 262 g/mol. The number of rotatable bonds is 4. The predicted octanol–water partition coefficient (Wildman–Crippen LogP) is -0.650. The molecule has 1 atom stereocenters. The van der Waals surface area contributed by atoms with Gasteiger partial charge in [-0.2, -0.15) is 0 Å². The van der Waals surface area contributed by atoms with Crippen molar-refractivity contribution in [3.63, 3.8) is 0 Å². The van der Waals surface area contributed by atoms with Crippen LogP contribution in [0.5, 0.6) is 0 Å². The van der Waals surface area contributed by atoms with E-state index in [9.17, 15) is 8.42 Å². The lowest BCUT2D eigenvalue weighted by atomic mass is 10.1. The summed E-state index contributed by atoms with van der Waals surface area (Å²) in [6.07, 6.45) is 1.01. The van der Waals surface area contributed by atoms with Crippen LogP contribution in [0.15, 0.2) is 4.34 Å². The summed E-state index contributed by atoms with van der Waals surface area (Å²) in [6, 6.07) is 0. The molecule has 0 aliphatic carbocycles. The number of nitrogens with two attached hydrogens (primary N) is 1. The van der Waals surface area contributed by atoms with Crippen molar-refractivity contribution in [2.24, 2.45) is 5.92 Å². The van der Waals surface area contributed by atoms with Gasteiger partial charge in [-0.15, -0.1) is 10.2 Å². The Balaban J connectivity index is 1.94. The first-order valence-corrected chi connectivity index (χ1v) is 7.54. The number of nitrogens with one attached hydrogen (secondary N) is 1. The Kier molecular flexibility index (Phi) is 3.61. The largest absolute Gasteiger partial charge is 0.374 e. The number of nitrogens with zero attached hydrogens (tertiary/aromatic N) is 3. The molecule has 1 unspecified atom stereocenters. The molecule has 1 aromatic rings. The third kappa shape index (κ3) is 3.12. The maximum atomic E-state index is 11.8. The Bertz CT molecular complexity index is 486. The van der Waals surface area contributed by atoms with Crippen LogP contribution in [0.1, 0.15) is 6.42 Å². The molecule has 2 rings (SSSR count). The van der Waals surface area contributed by atoms with Crippen molar-refractivity contribution in [2.75, 3.05) is 32.4 Å². The van der Waals surface area contributed by atoms with Crippen molar-refractivity contribution in [3.8, 4) is 0 Å². The molecule has 1 aromatic heterocycles. The fraction of sp³-hybridized carbons (Fsp3) is 0.750. The normalized spacial score (nSPS) is 22.1. The third-order valence-corrected chi connectivity index (χ3v) is 5.25. The first-order valence-electron chi connectivity index (χ1n) is 5.24. The van der Waals surface area contributed by atoms with Crippen LogP contribution in [0, 0.1) is 5.92 Å². The predicted molar refractivity (Wildman–Crippen MR) is 65.1 cm³/mol. The summed E-state index contributed by atoms with van der Waals surface area (Å²) in [5.74, 6) is 0.361. The van der Waals surface area contributed by atoms with Crippen molar-refractivity contribution < 1.29 is 8.42 Å². The highest BCUT2D eigenvalue weighted by Crippen LogP contribution is 2.18. The number of anilines is 1. The van der Waals surface area contributed by atoms with Gasteiger partial charge in [-0.1, -0.05) is 11.3 Å². The number of nitrogen functional groups attached to an aromatic ring is 1. The van der Waals surface area contributed by atoms with E-state index in [1.807, 2.05) is 7.05 Å². The second-order valence-corrected chi connectivity index (χ2v) is 7.12. The van der Waals surface area contributed by atoms with Gasteiger partial charge in [-0.05, 0) is 25.9 Å². The van der Waals surface area contributed by atoms with Crippen molar-refractivity contribution in [1.82, 2.24) is 19.8 Å². The van der Waals surface area contributed by atoms with E-state index in [4.69, 9.17) is 5.73 Å². The number of likely N-dealkylation sites (tertiary alicyclic amines) is 1. The quantitative estimate of drug-likeness (QED) is 0.758. The zero-order chi connectivity index (χ0) is 12.5. The summed E-state index contributed by atoms with van der Waals surface area (Å²) in [5, 5.41) is 7.18. The zero-order valence-electron chi connectivity index (χ0n) is 9.46. The minimum Gasteiger partial charge on any atom is -0.374 e. The van der Waals surface area contributed by atoms with Gasteiger partial charge in [0.05, 0.1) is 0 Å². The Labute approximate surface area is 104 Å². The third-order valence-electron chi connectivity index (χ3n) is 2.70. The molecule has 3 N–H and O–H groups in total. The van der Waals surface area contributed by atoms with Crippen LogP contribution in [0.4, 0.5) is 5.13 Å². The van der Waals surface area contributed by atoms with Gasteiger partial charge in [0.25, 0.3) is 10.0 Å². The van der Waals surface area contributed by atoms with Crippen LogP contribution >= 0.6 is 11.3 Å². The van der Waals surface area contributed by atoms with Crippen LogP contribution in [0.3, 0.4) is 0 Å². The van der Waals surface area contributed by atoms with Gasteiger partial charge in [0.1, 0.15) is 0 Å². The molecule has 7 nitrogen and oxygen atoms in total. The van der Waals surface area contributed by atoms with Crippen LogP contribution < -0.4 is 10.5 Å². The molecule has 17 heavy (non-hydrogen) atoms. The summed E-state index contributed by atoms with van der Waals surface area (Å²) >= 11 is 0.872. The highest BCUT2D eigenvalue weighted by atomic mass is 32.2. The molecule has 0 saturated carbocycles. The van der Waals surface area contributed by atoms with Crippen LogP contribution in [-0.4, -0.2) is 50.2 Å². The fourth-order valence-corrected chi connectivity index (χ4v) is 3.75. The molecule has 9 heteroatoms. The number of sulfonamides is 1. The van der Waals surface area contributed by atoms with Gasteiger partial charge in [0, 0.05) is 13.1 Å². The van der Waals surface area contributed by atoms with Gasteiger partial charge in [-0.25, -0.2) is 13.1 Å². The lowest BCUT2D eigenvalue weighted by molar-refractivity contribution is 0.394. The minimum atomic E-state index is -3.55. The molecular formula is C8H15N5O2S2. The van der Waals surface area contributed by atoms with E-state index < -0.39 is 10.0 Å². The minimum absolute atomic E-state index is 0.0682. The number of aromatic nitrogens is 2. The van der Waals surface area contributed by atoms with E-state index in [1.165, 1.54) is 0 Å². The van der Waals surface area contributed by atoms with E-state index in [1.54, 1.807) is 0 Å². The van der Waals surface area contributed by atoms with Crippen LogP contribution in [-0.2, 0) is 10.0 Å². The lowest BCUT2D eigenvalue weighted by Gasteiger charge is -2.10. The van der Waals surface area contributed by atoms with Gasteiger partial charge < -0.3 is 10.6 Å². The van der Waals surface area contributed by atoms with E-state index in [2.05, 4.69) is 19.8 Å². The van der Waals surface area contributed by atoms with E-state index in [0.717, 1.165) is 30.8 Å². The van der Waals surface area contributed by atoms with Crippen molar-refractivity contribution in [2.45, 2.75) is 10.8 Å². The standard InChI is InChI=1S/C8H15N5O2S2/c1-13-3-2-6(5-13)4-10-17(14,15)8-12-11-7(9)16-8/h6,10H,2-5H2,1H3,(H2,9,11). The summed E-state index contributed by atoms with van der Waals surface area (Å²) in [7, 11) is -1.52. The van der Waals surface area contributed by atoms with Crippen molar-refractivity contribution in [1.29, 1.82) is 0 Å². The van der Waals surface area contributed by atoms with Gasteiger partial charge in [0.15, 0.2) is 0 Å². The molecule has 96 valence electrons. The highest BCUT2D eigenvalue weighted by molar-refractivity contribution is 7.91. The smallest absolute Gasteiger partial charge is 0.269 e. The monoisotopic (exact) mass is 277 g/mol. The van der Waals surface area contributed by atoms with E-state index in [-0.39, 0.29) is 9.47 Å². The zero-order valence-corrected chi connectivity index (χ0v) is 11.1. The van der Waals surface area contributed by atoms with E-state index in [0.29, 0.717) is 12.5 Å². The SMILES string of the molecule is CN1CCC(CNS(=O)(=O)c2nnc(N)s2)C1. The molecule has 0 amide bonds. The van der Waals surface area contributed by atoms with Crippen LogP contribution in [0.2, 0.25) is 0 Å². The Morgan fingerprint density at radius 1 is 1.59 bits per heavy atom. The van der Waals surface area contributed by atoms with Gasteiger partial charge in [-0.3, -0.25) is 0 Å². The van der Waals surface area contributed by atoms with Crippen LogP contribution in [0.25, 0.3) is 0 Å². The average molecular weight is 277 g/mol. The Hall–Kier alpha value is -0.770. The number of hydrogen-bond donors (Lipinski definition) is 2. The topological polar surface area (TPSA) is 101 Å². The van der Waals surface area contributed by atoms with Gasteiger partial charge in [0.2, 0.25) is 9.47 Å². The molecule has 0 spiro atoms. The summed E-state index contributed by atoms with van der Waals surface area (Å²) in [6.45, 7) is 2.37. The highest BCUT2D eigenvalue weighted by Gasteiger charge is 2.24. The number of hydrogen-bond acceptors (Lipinski definition) is 7. The van der Waals surface area contributed by atoms with E-state index >= 15 is 0 Å². The molecule has 1 fully saturated rings. The Morgan fingerprint density at radius 3 is 2.88 bits per heavy atom. The molecule has 2 heterocycles. The second kappa shape index (κ2) is 4.84. The maximum absolute atomic E-state index is 11.8. The summed E-state index contributed by atoms with van der Waals surface area (Å²) < 4.78 is 26.1. The maximum Gasteiger partial charge on any atom is 0.269 e.